The average molecular weight is 366 g/mol. The molecule has 1 N–H and O–H groups in total. The second-order valence-corrected chi connectivity index (χ2v) is 8.90. The van der Waals surface area contributed by atoms with E-state index < -0.39 is 15.6 Å². The minimum atomic E-state index is -3.32. The zero-order chi connectivity index (χ0) is 18.1. The first kappa shape index (κ1) is 18.2. The number of carbonyl (C=O) groups is 1. The van der Waals surface area contributed by atoms with Crippen LogP contribution in [0.15, 0.2) is 24.3 Å². The molecule has 3 rings (SSSR count). The van der Waals surface area contributed by atoms with E-state index in [0.29, 0.717) is 38.8 Å². The summed E-state index contributed by atoms with van der Waals surface area (Å²) in [6.45, 7) is 4.73. The Balaban J connectivity index is 1.85. The molecule has 1 unspecified atom stereocenters. The number of carbonyl (C=O) groups excluding carboxylic acids is 1. The highest BCUT2D eigenvalue weighted by Crippen LogP contribution is 2.44. The van der Waals surface area contributed by atoms with Gasteiger partial charge in [0.15, 0.2) is 0 Å². The van der Waals surface area contributed by atoms with Gasteiger partial charge in [0.2, 0.25) is 15.9 Å². The molecule has 25 heavy (non-hydrogen) atoms. The Morgan fingerprint density at radius 1 is 1.32 bits per heavy atom. The Hall–Kier alpha value is -1.60. The number of sulfonamides is 1. The van der Waals surface area contributed by atoms with Crippen LogP contribution in [0.25, 0.3) is 0 Å². The molecule has 0 bridgehead atoms. The van der Waals surface area contributed by atoms with Crippen molar-refractivity contribution in [3.63, 3.8) is 0 Å². The van der Waals surface area contributed by atoms with E-state index in [9.17, 15) is 13.2 Å². The summed E-state index contributed by atoms with van der Waals surface area (Å²) in [4.78, 5) is 13.4. The van der Waals surface area contributed by atoms with Crippen molar-refractivity contribution in [2.45, 2.75) is 51.2 Å². The van der Waals surface area contributed by atoms with Crippen LogP contribution in [0.3, 0.4) is 0 Å². The van der Waals surface area contributed by atoms with E-state index >= 15 is 0 Å². The first-order chi connectivity index (χ1) is 11.8. The number of piperidine rings is 1. The van der Waals surface area contributed by atoms with Crippen molar-refractivity contribution in [3.05, 3.63) is 29.8 Å². The summed E-state index contributed by atoms with van der Waals surface area (Å²) < 4.78 is 33.8. The van der Waals surface area contributed by atoms with Crippen molar-refractivity contribution in [2.24, 2.45) is 0 Å². The first-order valence-corrected chi connectivity index (χ1v) is 10.5. The second kappa shape index (κ2) is 6.96. The first-order valence-electron chi connectivity index (χ1n) is 8.88. The number of hydrogen-bond acceptors (Lipinski definition) is 4. The van der Waals surface area contributed by atoms with Crippen molar-refractivity contribution < 1.29 is 17.9 Å². The summed E-state index contributed by atoms with van der Waals surface area (Å²) in [7, 11) is -3.32. The number of amides is 1. The number of ether oxygens (including phenoxy) is 1. The molecule has 1 aromatic rings. The fourth-order valence-corrected chi connectivity index (χ4v) is 5.10. The van der Waals surface area contributed by atoms with E-state index in [4.69, 9.17) is 4.74 Å². The van der Waals surface area contributed by atoms with Crippen molar-refractivity contribution in [1.29, 1.82) is 0 Å². The average Bonchev–Trinajstić information content (AvgIpc) is 2.54. The number of hydrogen-bond donors (Lipinski definition) is 1. The maximum atomic E-state index is 12.3. The highest BCUT2D eigenvalue weighted by molar-refractivity contribution is 7.89. The van der Waals surface area contributed by atoms with E-state index in [-0.39, 0.29) is 17.7 Å². The zero-order valence-electron chi connectivity index (χ0n) is 14.8. The zero-order valence-corrected chi connectivity index (χ0v) is 15.6. The number of fused-ring (bicyclic) bond motifs is 1. The Morgan fingerprint density at radius 2 is 2.00 bits per heavy atom. The maximum Gasteiger partial charge on any atom is 0.219 e. The lowest BCUT2D eigenvalue weighted by atomic mass is 9.81. The lowest BCUT2D eigenvalue weighted by molar-refractivity contribution is -0.132. The molecule has 1 spiro atoms. The predicted molar refractivity (Wildman–Crippen MR) is 95.9 cm³/mol. The highest BCUT2D eigenvalue weighted by Gasteiger charge is 2.44. The van der Waals surface area contributed by atoms with Gasteiger partial charge < -0.3 is 9.64 Å². The van der Waals surface area contributed by atoms with E-state index in [0.717, 1.165) is 11.3 Å². The van der Waals surface area contributed by atoms with Gasteiger partial charge in [0.05, 0.1) is 11.8 Å². The Labute approximate surface area is 149 Å². The van der Waals surface area contributed by atoms with Gasteiger partial charge in [0, 0.05) is 44.8 Å². The van der Waals surface area contributed by atoms with Gasteiger partial charge in [0.25, 0.3) is 0 Å². The molecule has 0 aliphatic carbocycles. The quantitative estimate of drug-likeness (QED) is 0.886. The predicted octanol–water partition coefficient (Wildman–Crippen LogP) is 2.22. The SMILES string of the molecule is CCCS(=O)(=O)NC1CC2(CCN(C(C)=O)CC2)Oc2ccccc21. The number of para-hydroxylation sites is 1. The lowest BCUT2D eigenvalue weighted by Gasteiger charge is -2.46. The third-order valence-corrected chi connectivity index (χ3v) is 6.70. The topological polar surface area (TPSA) is 75.7 Å². The van der Waals surface area contributed by atoms with Gasteiger partial charge in [0.1, 0.15) is 11.4 Å². The van der Waals surface area contributed by atoms with E-state index in [1.807, 2.05) is 36.1 Å². The van der Waals surface area contributed by atoms with Crippen LogP contribution in [0.1, 0.15) is 51.1 Å². The summed E-state index contributed by atoms with van der Waals surface area (Å²) >= 11 is 0. The molecule has 6 nitrogen and oxygen atoms in total. The van der Waals surface area contributed by atoms with Gasteiger partial charge in [-0.2, -0.15) is 0 Å². The van der Waals surface area contributed by atoms with Gasteiger partial charge in [-0.1, -0.05) is 25.1 Å². The van der Waals surface area contributed by atoms with Crippen LogP contribution in [0.2, 0.25) is 0 Å². The molecule has 2 heterocycles. The third kappa shape index (κ3) is 3.98. The van der Waals surface area contributed by atoms with Crippen LogP contribution in [-0.2, 0) is 14.8 Å². The van der Waals surface area contributed by atoms with Crippen LogP contribution >= 0.6 is 0 Å². The molecule has 7 heteroatoms. The number of nitrogens with one attached hydrogen (secondary N) is 1. The number of rotatable bonds is 4. The molecule has 2 aliphatic heterocycles. The lowest BCUT2D eigenvalue weighted by Crippen LogP contribution is -2.53. The van der Waals surface area contributed by atoms with E-state index in [1.165, 1.54) is 0 Å². The molecule has 1 atom stereocenters. The molecular formula is C18H26N2O4S. The molecule has 1 saturated heterocycles. The molecule has 0 saturated carbocycles. The minimum Gasteiger partial charge on any atom is -0.487 e. The van der Waals surface area contributed by atoms with Gasteiger partial charge in [-0.05, 0) is 12.5 Å². The largest absolute Gasteiger partial charge is 0.487 e. The molecule has 0 radical (unpaired) electrons. The van der Waals surface area contributed by atoms with Gasteiger partial charge >= 0.3 is 0 Å². The van der Waals surface area contributed by atoms with Gasteiger partial charge in [-0.15, -0.1) is 0 Å². The summed E-state index contributed by atoms with van der Waals surface area (Å²) in [5.74, 6) is 0.943. The van der Waals surface area contributed by atoms with Crippen molar-refractivity contribution >= 4 is 15.9 Å². The molecular weight excluding hydrogens is 340 g/mol. The molecule has 138 valence electrons. The number of likely N-dealkylation sites (tertiary alicyclic amines) is 1. The number of nitrogens with zero attached hydrogens (tertiary/aromatic N) is 1. The number of benzene rings is 1. The molecule has 1 fully saturated rings. The van der Waals surface area contributed by atoms with Crippen LogP contribution in [0.4, 0.5) is 0 Å². The van der Waals surface area contributed by atoms with Crippen LogP contribution in [0, 0.1) is 0 Å². The van der Waals surface area contributed by atoms with Crippen LogP contribution in [0.5, 0.6) is 5.75 Å². The van der Waals surface area contributed by atoms with Crippen LogP contribution in [-0.4, -0.2) is 43.7 Å². The molecule has 0 aromatic heterocycles. The van der Waals surface area contributed by atoms with Crippen molar-refractivity contribution in [2.75, 3.05) is 18.8 Å². The second-order valence-electron chi connectivity index (χ2n) is 7.02. The summed E-state index contributed by atoms with van der Waals surface area (Å²) in [5, 5.41) is 0. The van der Waals surface area contributed by atoms with Crippen molar-refractivity contribution in [3.8, 4) is 5.75 Å². The summed E-state index contributed by atoms with van der Waals surface area (Å²) in [5.41, 5.74) is 0.474. The highest BCUT2D eigenvalue weighted by atomic mass is 32.2. The molecule has 1 aromatic carbocycles. The standard InChI is InChI=1S/C18H26N2O4S/c1-3-12-25(22,23)19-16-13-18(8-10-20(11-9-18)14(2)21)24-17-7-5-4-6-15(16)17/h4-7,16,19H,3,8-13H2,1-2H3. The van der Waals surface area contributed by atoms with Gasteiger partial charge in [-0.3, -0.25) is 4.79 Å². The normalized spacial score (nSPS) is 22.3. The Bertz CT molecular complexity index is 739. The minimum absolute atomic E-state index is 0.0752. The van der Waals surface area contributed by atoms with Crippen LogP contribution < -0.4 is 9.46 Å². The van der Waals surface area contributed by atoms with Gasteiger partial charge in [-0.25, -0.2) is 13.1 Å². The Morgan fingerprint density at radius 3 is 2.64 bits per heavy atom. The van der Waals surface area contributed by atoms with E-state index in [2.05, 4.69) is 4.72 Å². The maximum absolute atomic E-state index is 12.3. The Kier molecular flexibility index (Phi) is 5.06. The molecule has 1 amide bonds. The summed E-state index contributed by atoms with van der Waals surface area (Å²) in [6.07, 6.45) is 2.61. The summed E-state index contributed by atoms with van der Waals surface area (Å²) in [6, 6.07) is 7.34. The smallest absolute Gasteiger partial charge is 0.219 e. The third-order valence-electron chi connectivity index (χ3n) is 5.11. The van der Waals surface area contributed by atoms with E-state index in [1.54, 1.807) is 6.92 Å². The molecule has 2 aliphatic rings. The monoisotopic (exact) mass is 366 g/mol. The fourth-order valence-electron chi connectivity index (χ4n) is 3.80. The fraction of sp³-hybridized carbons (Fsp3) is 0.611. The van der Waals surface area contributed by atoms with Crippen molar-refractivity contribution in [1.82, 2.24) is 9.62 Å².